The molecule has 0 rings (SSSR count). The summed E-state index contributed by atoms with van der Waals surface area (Å²) in [5, 5.41) is 23.2. The van der Waals surface area contributed by atoms with Crippen LogP contribution in [0.25, 0.3) is 0 Å². The van der Waals surface area contributed by atoms with E-state index in [4.69, 9.17) is 0 Å². The summed E-state index contributed by atoms with van der Waals surface area (Å²) < 4.78 is 0. The van der Waals surface area contributed by atoms with Crippen LogP contribution in [0.15, 0.2) is 12.2 Å². The van der Waals surface area contributed by atoms with Gasteiger partial charge >= 0.3 is 0 Å². The number of unbranched alkanes of at least 4 members (excludes halogenated alkanes) is 33. The van der Waals surface area contributed by atoms with Crippen LogP contribution in [0, 0.1) is 0 Å². The highest BCUT2D eigenvalue weighted by Gasteiger charge is 2.20. The average molecular weight is 706 g/mol. The minimum Gasteiger partial charge on any atom is -0.394 e. The molecule has 0 saturated carbocycles. The predicted molar refractivity (Wildman–Crippen MR) is 221 cm³/mol. The van der Waals surface area contributed by atoms with Crippen LogP contribution in [0.5, 0.6) is 0 Å². The molecule has 0 saturated heterocycles. The van der Waals surface area contributed by atoms with E-state index in [1.54, 1.807) is 0 Å². The molecule has 0 aliphatic carbocycles. The number of carbonyl (C=O) groups is 1. The Morgan fingerprint density at radius 2 is 0.760 bits per heavy atom. The van der Waals surface area contributed by atoms with Crippen molar-refractivity contribution in [2.45, 2.75) is 270 Å². The van der Waals surface area contributed by atoms with E-state index in [1.807, 2.05) is 0 Å². The molecule has 0 aliphatic rings. The van der Waals surface area contributed by atoms with E-state index in [-0.39, 0.29) is 12.5 Å². The summed E-state index contributed by atoms with van der Waals surface area (Å²) in [4.78, 5) is 12.4. The first-order valence-corrected chi connectivity index (χ1v) is 22.9. The van der Waals surface area contributed by atoms with Crippen LogP contribution in [-0.2, 0) is 4.79 Å². The molecule has 50 heavy (non-hydrogen) atoms. The Hall–Kier alpha value is -0.870. The maximum atomic E-state index is 12.4. The highest BCUT2D eigenvalue weighted by molar-refractivity contribution is 5.76. The van der Waals surface area contributed by atoms with Crippen LogP contribution in [0.1, 0.15) is 258 Å². The Morgan fingerprint density at radius 3 is 1.12 bits per heavy atom. The van der Waals surface area contributed by atoms with Crippen molar-refractivity contribution in [3.05, 3.63) is 12.2 Å². The molecule has 0 spiro atoms. The van der Waals surface area contributed by atoms with Crippen LogP contribution in [0.3, 0.4) is 0 Å². The topological polar surface area (TPSA) is 69.6 Å². The van der Waals surface area contributed by atoms with Crippen molar-refractivity contribution in [2.24, 2.45) is 0 Å². The molecule has 0 fully saturated rings. The number of carbonyl (C=O) groups excluding carboxylic acids is 1. The molecule has 0 aromatic rings. The van der Waals surface area contributed by atoms with Gasteiger partial charge in [0.1, 0.15) is 0 Å². The number of amides is 1. The summed E-state index contributed by atoms with van der Waals surface area (Å²) in [7, 11) is 0. The van der Waals surface area contributed by atoms with E-state index in [0.29, 0.717) is 12.8 Å². The molecule has 2 unspecified atom stereocenters. The normalized spacial score (nSPS) is 13.0. The standard InChI is InChI=1S/C46H91NO3/c1-3-5-7-9-11-13-15-17-18-19-20-21-22-23-24-25-26-27-28-30-31-33-35-37-39-41-45(49)44(43-48)47-46(50)42-40-38-36-34-32-29-16-14-12-10-8-6-4-2/h14,16,44-45,48-49H,3-13,15,17-43H2,1-2H3,(H,47,50)/b16-14-. The number of hydrogen-bond donors (Lipinski definition) is 3. The van der Waals surface area contributed by atoms with E-state index in [2.05, 4.69) is 31.3 Å². The fourth-order valence-corrected chi connectivity index (χ4v) is 7.24. The summed E-state index contributed by atoms with van der Waals surface area (Å²) in [5.41, 5.74) is 0. The van der Waals surface area contributed by atoms with Crippen molar-refractivity contribution >= 4 is 5.91 Å². The molecular weight excluding hydrogens is 615 g/mol. The first kappa shape index (κ1) is 49.1. The molecule has 1 amide bonds. The van der Waals surface area contributed by atoms with E-state index in [1.165, 1.54) is 205 Å². The van der Waals surface area contributed by atoms with Crippen LogP contribution in [0.4, 0.5) is 0 Å². The van der Waals surface area contributed by atoms with Gasteiger partial charge in [0.05, 0.1) is 18.8 Å². The highest BCUT2D eigenvalue weighted by atomic mass is 16.3. The highest BCUT2D eigenvalue weighted by Crippen LogP contribution is 2.17. The zero-order valence-corrected chi connectivity index (χ0v) is 34.2. The largest absolute Gasteiger partial charge is 0.394 e. The molecule has 0 aromatic carbocycles. The lowest BCUT2D eigenvalue weighted by atomic mass is 10.0. The molecule has 0 bridgehead atoms. The second kappa shape index (κ2) is 42.5. The number of allylic oxidation sites excluding steroid dienone is 2. The Labute approximate surface area is 314 Å². The zero-order valence-electron chi connectivity index (χ0n) is 34.2. The van der Waals surface area contributed by atoms with E-state index in [9.17, 15) is 15.0 Å². The number of nitrogens with one attached hydrogen (secondary N) is 1. The maximum Gasteiger partial charge on any atom is 0.220 e. The molecule has 0 radical (unpaired) electrons. The van der Waals surface area contributed by atoms with E-state index in [0.717, 1.165) is 25.7 Å². The molecule has 4 heteroatoms. The van der Waals surface area contributed by atoms with Gasteiger partial charge in [-0.05, 0) is 38.5 Å². The Morgan fingerprint density at radius 1 is 0.460 bits per heavy atom. The second-order valence-corrected chi connectivity index (χ2v) is 15.8. The average Bonchev–Trinajstić information content (AvgIpc) is 3.12. The van der Waals surface area contributed by atoms with Crippen molar-refractivity contribution in [1.82, 2.24) is 5.32 Å². The Bertz CT molecular complexity index is 680. The van der Waals surface area contributed by atoms with Crippen LogP contribution in [0.2, 0.25) is 0 Å². The summed E-state index contributed by atoms with van der Waals surface area (Å²) in [5.74, 6) is -0.0380. The Kier molecular flexibility index (Phi) is 41.8. The monoisotopic (exact) mass is 706 g/mol. The van der Waals surface area contributed by atoms with Gasteiger partial charge in [-0.25, -0.2) is 0 Å². The lowest BCUT2D eigenvalue weighted by Crippen LogP contribution is -2.45. The third kappa shape index (κ3) is 38.4. The van der Waals surface area contributed by atoms with Gasteiger partial charge in [0.15, 0.2) is 0 Å². The molecule has 0 aliphatic heterocycles. The van der Waals surface area contributed by atoms with Crippen molar-refractivity contribution in [2.75, 3.05) is 6.61 Å². The van der Waals surface area contributed by atoms with Gasteiger partial charge in [0, 0.05) is 6.42 Å². The number of aliphatic hydroxyl groups is 2. The Balaban J connectivity index is 3.44. The quantitative estimate of drug-likeness (QED) is 0.0437. The summed E-state index contributed by atoms with van der Waals surface area (Å²) >= 11 is 0. The minimum absolute atomic E-state index is 0.0380. The van der Waals surface area contributed by atoms with Crippen LogP contribution in [-0.4, -0.2) is 34.9 Å². The second-order valence-electron chi connectivity index (χ2n) is 15.8. The zero-order chi connectivity index (χ0) is 36.4. The molecule has 2 atom stereocenters. The van der Waals surface area contributed by atoms with Gasteiger partial charge in [0.2, 0.25) is 5.91 Å². The number of aliphatic hydroxyl groups excluding tert-OH is 2. The summed E-state index contributed by atoms with van der Waals surface area (Å²) in [6.07, 6.45) is 53.0. The number of hydrogen-bond acceptors (Lipinski definition) is 3. The summed E-state index contributed by atoms with van der Waals surface area (Å²) in [6.45, 7) is 4.36. The first-order valence-electron chi connectivity index (χ1n) is 22.9. The van der Waals surface area contributed by atoms with Gasteiger partial charge in [-0.2, -0.15) is 0 Å². The van der Waals surface area contributed by atoms with Gasteiger partial charge in [-0.3, -0.25) is 4.79 Å². The van der Waals surface area contributed by atoms with Crippen molar-refractivity contribution in [3.63, 3.8) is 0 Å². The van der Waals surface area contributed by atoms with Gasteiger partial charge in [-0.1, -0.05) is 225 Å². The molecule has 298 valence electrons. The lowest BCUT2D eigenvalue weighted by Gasteiger charge is -2.22. The van der Waals surface area contributed by atoms with Gasteiger partial charge in [-0.15, -0.1) is 0 Å². The van der Waals surface area contributed by atoms with Crippen molar-refractivity contribution in [1.29, 1.82) is 0 Å². The van der Waals surface area contributed by atoms with Gasteiger partial charge in [0.25, 0.3) is 0 Å². The molecular formula is C46H91NO3. The van der Waals surface area contributed by atoms with E-state index < -0.39 is 12.1 Å². The minimum atomic E-state index is -0.659. The molecule has 0 aromatic heterocycles. The lowest BCUT2D eigenvalue weighted by molar-refractivity contribution is -0.123. The maximum absolute atomic E-state index is 12.4. The third-order valence-electron chi connectivity index (χ3n) is 10.8. The fourth-order valence-electron chi connectivity index (χ4n) is 7.24. The third-order valence-corrected chi connectivity index (χ3v) is 10.8. The van der Waals surface area contributed by atoms with Gasteiger partial charge < -0.3 is 15.5 Å². The predicted octanol–water partition coefficient (Wildman–Crippen LogP) is 14.2. The van der Waals surface area contributed by atoms with Crippen LogP contribution >= 0.6 is 0 Å². The van der Waals surface area contributed by atoms with Crippen LogP contribution < -0.4 is 5.32 Å². The SMILES string of the molecule is CCCCCC/C=C\CCCCCCCC(=O)NC(CO)C(O)CCCCCCCCCCCCCCCCCCCCCCCCCCC. The van der Waals surface area contributed by atoms with Crippen molar-refractivity contribution < 1.29 is 15.0 Å². The van der Waals surface area contributed by atoms with E-state index >= 15 is 0 Å². The molecule has 3 N–H and O–H groups in total. The first-order chi connectivity index (χ1) is 24.7. The fraction of sp³-hybridized carbons (Fsp3) is 0.935. The molecule has 0 heterocycles. The van der Waals surface area contributed by atoms with Crippen molar-refractivity contribution in [3.8, 4) is 0 Å². The number of rotatable bonds is 42. The molecule has 4 nitrogen and oxygen atoms in total. The summed E-state index contributed by atoms with van der Waals surface area (Å²) in [6, 6.07) is -0.536. The smallest absolute Gasteiger partial charge is 0.220 e.